The third-order valence-electron chi connectivity index (χ3n) is 6.44. The molecule has 1 aromatic rings. The number of benzene rings is 1. The molecule has 3 nitrogen and oxygen atoms in total. The molecule has 1 aromatic carbocycles. The van der Waals surface area contributed by atoms with E-state index in [0.717, 1.165) is 56.5 Å². The first-order chi connectivity index (χ1) is 12.4. The van der Waals surface area contributed by atoms with Crippen molar-refractivity contribution in [1.82, 2.24) is 4.90 Å². The highest BCUT2D eigenvalue weighted by atomic mass is 35.5. The van der Waals surface area contributed by atoms with Crippen LogP contribution in [0.25, 0.3) is 0 Å². The van der Waals surface area contributed by atoms with Crippen molar-refractivity contribution in [3.8, 4) is 0 Å². The van der Waals surface area contributed by atoms with Crippen molar-refractivity contribution in [2.75, 3.05) is 20.6 Å². The average Bonchev–Trinajstić information content (AvgIpc) is 2.60. The number of hydrogen-bond acceptors (Lipinski definition) is 3. The van der Waals surface area contributed by atoms with Crippen LogP contribution in [0.5, 0.6) is 0 Å². The van der Waals surface area contributed by atoms with Crippen molar-refractivity contribution in [2.45, 2.75) is 75.7 Å². The number of carbonyl (C=O) groups excluding carboxylic acids is 1. The maximum absolute atomic E-state index is 12.6. The predicted molar refractivity (Wildman–Crippen MR) is 107 cm³/mol. The summed E-state index contributed by atoms with van der Waals surface area (Å²) in [6, 6.07) is 6.33. The molecule has 0 aliphatic heterocycles. The van der Waals surface area contributed by atoms with Crippen molar-refractivity contribution >= 4 is 17.6 Å². The average molecular weight is 378 g/mol. The molecule has 0 radical (unpaired) electrons. The molecular formula is C22H32ClNO2. The maximum atomic E-state index is 12.6. The van der Waals surface area contributed by atoms with E-state index in [-0.39, 0.29) is 17.0 Å². The second-order valence-corrected chi connectivity index (χ2v) is 8.80. The first-order valence-electron chi connectivity index (χ1n) is 10.1. The Morgan fingerprint density at radius 2 is 2.00 bits per heavy atom. The van der Waals surface area contributed by atoms with Gasteiger partial charge in [-0.3, -0.25) is 4.79 Å². The predicted octanol–water partition coefficient (Wildman–Crippen LogP) is 5.13. The van der Waals surface area contributed by atoms with E-state index in [1.807, 2.05) is 13.0 Å². The fourth-order valence-electron chi connectivity index (χ4n) is 5.17. The number of esters is 1. The molecule has 2 aliphatic carbocycles. The standard InChI is InChI=1S/C22H32ClNO2/c1-4-7-20(25)26-22-12-6-5-11-21(22,14-15-24(2)3)19-16-18(23)9-8-17(19)10-13-22/h8-9,16H,4-7,10-15H2,1-3H3/t21-,22+/m1/s1. The first kappa shape index (κ1) is 19.7. The van der Waals surface area contributed by atoms with Gasteiger partial charge in [-0.15, -0.1) is 0 Å². The molecule has 2 atom stereocenters. The van der Waals surface area contributed by atoms with Crippen LogP contribution in [-0.2, 0) is 21.4 Å². The van der Waals surface area contributed by atoms with E-state index in [9.17, 15) is 4.79 Å². The van der Waals surface area contributed by atoms with Crippen LogP contribution in [0.3, 0.4) is 0 Å². The summed E-state index contributed by atoms with van der Waals surface area (Å²) in [5.74, 6) is -0.0332. The fraction of sp³-hybridized carbons (Fsp3) is 0.682. The highest BCUT2D eigenvalue weighted by Gasteiger charge is 2.58. The van der Waals surface area contributed by atoms with Crippen LogP contribution >= 0.6 is 11.6 Å². The van der Waals surface area contributed by atoms with Gasteiger partial charge in [0, 0.05) is 16.9 Å². The van der Waals surface area contributed by atoms with Crippen molar-refractivity contribution in [1.29, 1.82) is 0 Å². The summed E-state index contributed by atoms with van der Waals surface area (Å²) in [7, 11) is 4.23. The van der Waals surface area contributed by atoms with E-state index < -0.39 is 0 Å². The molecule has 0 aromatic heterocycles. The van der Waals surface area contributed by atoms with E-state index in [4.69, 9.17) is 16.3 Å². The van der Waals surface area contributed by atoms with Gasteiger partial charge in [-0.2, -0.15) is 0 Å². The molecule has 1 saturated carbocycles. The molecule has 0 saturated heterocycles. The zero-order chi connectivity index (χ0) is 18.8. The molecule has 1 fully saturated rings. The lowest BCUT2D eigenvalue weighted by Gasteiger charge is -2.56. The Hall–Kier alpha value is -1.06. The number of carbonyl (C=O) groups is 1. The largest absolute Gasteiger partial charge is 0.458 e. The SMILES string of the molecule is CCCC(=O)O[C@]12CCCC[C@@]1(CCN(C)C)c1cc(Cl)ccc1CC2. The number of rotatable bonds is 6. The van der Waals surface area contributed by atoms with Crippen LogP contribution in [0, 0.1) is 0 Å². The van der Waals surface area contributed by atoms with Crippen LogP contribution in [0.2, 0.25) is 5.02 Å². The highest BCUT2D eigenvalue weighted by Crippen LogP contribution is 2.57. The number of hydrogen-bond donors (Lipinski definition) is 0. The molecule has 0 N–H and O–H groups in total. The summed E-state index contributed by atoms with van der Waals surface area (Å²) >= 11 is 6.42. The van der Waals surface area contributed by atoms with Gasteiger partial charge in [-0.05, 0) is 88.8 Å². The number of aryl methyl sites for hydroxylation is 1. The monoisotopic (exact) mass is 377 g/mol. The van der Waals surface area contributed by atoms with Gasteiger partial charge in [-0.1, -0.05) is 31.0 Å². The second-order valence-electron chi connectivity index (χ2n) is 8.36. The van der Waals surface area contributed by atoms with Crippen molar-refractivity contribution in [3.63, 3.8) is 0 Å². The van der Waals surface area contributed by atoms with Gasteiger partial charge in [0.2, 0.25) is 0 Å². The van der Waals surface area contributed by atoms with Gasteiger partial charge in [0.15, 0.2) is 0 Å². The van der Waals surface area contributed by atoms with Gasteiger partial charge in [0.05, 0.1) is 0 Å². The van der Waals surface area contributed by atoms with E-state index >= 15 is 0 Å². The number of nitrogens with zero attached hydrogens (tertiary/aromatic N) is 1. The molecule has 3 rings (SSSR count). The first-order valence-corrected chi connectivity index (χ1v) is 10.5. The third kappa shape index (κ3) is 3.53. The smallest absolute Gasteiger partial charge is 0.306 e. The zero-order valence-electron chi connectivity index (χ0n) is 16.4. The topological polar surface area (TPSA) is 29.5 Å². The molecule has 144 valence electrons. The van der Waals surface area contributed by atoms with Crippen LogP contribution in [0.1, 0.15) is 69.4 Å². The molecule has 0 bridgehead atoms. The summed E-state index contributed by atoms with van der Waals surface area (Å²) < 4.78 is 6.36. The van der Waals surface area contributed by atoms with E-state index in [1.54, 1.807) is 0 Å². The Morgan fingerprint density at radius 1 is 1.23 bits per heavy atom. The molecule has 4 heteroatoms. The Balaban J connectivity index is 2.08. The number of ether oxygens (including phenoxy) is 1. The minimum atomic E-state index is -0.370. The van der Waals surface area contributed by atoms with Crippen LogP contribution < -0.4 is 0 Å². The molecule has 26 heavy (non-hydrogen) atoms. The minimum absolute atomic E-state index is 0.0332. The molecule has 0 heterocycles. The molecule has 0 amide bonds. The Morgan fingerprint density at radius 3 is 2.73 bits per heavy atom. The minimum Gasteiger partial charge on any atom is -0.458 e. The van der Waals surface area contributed by atoms with E-state index in [0.29, 0.717) is 6.42 Å². The third-order valence-corrected chi connectivity index (χ3v) is 6.68. The van der Waals surface area contributed by atoms with Gasteiger partial charge in [-0.25, -0.2) is 0 Å². The van der Waals surface area contributed by atoms with Crippen molar-refractivity contribution in [2.24, 2.45) is 0 Å². The molecule has 0 spiro atoms. The zero-order valence-corrected chi connectivity index (χ0v) is 17.2. The lowest BCUT2D eigenvalue weighted by Crippen LogP contribution is -2.59. The summed E-state index contributed by atoms with van der Waals surface area (Å²) in [6.07, 6.45) is 8.63. The van der Waals surface area contributed by atoms with Crippen molar-refractivity contribution < 1.29 is 9.53 Å². The second kappa shape index (κ2) is 7.90. The van der Waals surface area contributed by atoms with Crippen molar-refractivity contribution in [3.05, 3.63) is 34.3 Å². The fourth-order valence-corrected chi connectivity index (χ4v) is 5.34. The molecule has 0 unspecified atom stereocenters. The Bertz CT molecular complexity index is 660. The van der Waals surface area contributed by atoms with Gasteiger partial charge in [0.1, 0.15) is 5.60 Å². The molecular weight excluding hydrogens is 346 g/mol. The summed E-state index contributed by atoms with van der Waals surface area (Å²) in [4.78, 5) is 14.8. The lowest BCUT2D eigenvalue weighted by molar-refractivity contribution is -0.179. The molecule has 2 aliphatic rings. The van der Waals surface area contributed by atoms with E-state index in [1.165, 1.54) is 17.5 Å². The summed E-state index contributed by atoms with van der Waals surface area (Å²) in [6.45, 7) is 3.02. The Kier molecular flexibility index (Phi) is 5.98. The quantitative estimate of drug-likeness (QED) is 0.643. The van der Waals surface area contributed by atoms with Crippen LogP contribution in [-0.4, -0.2) is 37.1 Å². The maximum Gasteiger partial charge on any atom is 0.306 e. The summed E-state index contributed by atoms with van der Waals surface area (Å²) in [5, 5.41) is 0.786. The van der Waals surface area contributed by atoms with Gasteiger partial charge < -0.3 is 9.64 Å². The van der Waals surface area contributed by atoms with E-state index in [2.05, 4.69) is 31.1 Å². The van der Waals surface area contributed by atoms with Crippen LogP contribution in [0.15, 0.2) is 18.2 Å². The van der Waals surface area contributed by atoms with Gasteiger partial charge >= 0.3 is 5.97 Å². The highest BCUT2D eigenvalue weighted by molar-refractivity contribution is 6.30. The number of halogens is 1. The lowest BCUT2D eigenvalue weighted by atomic mass is 9.53. The normalized spacial score (nSPS) is 27.7. The van der Waals surface area contributed by atoms with Crippen LogP contribution in [0.4, 0.5) is 0 Å². The Labute approximate surface area is 163 Å². The summed E-state index contributed by atoms with van der Waals surface area (Å²) in [5.41, 5.74) is 2.24. The van der Waals surface area contributed by atoms with Gasteiger partial charge in [0.25, 0.3) is 0 Å². The number of fused-ring (bicyclic) bond motifs is 3.